The lowest BCUT2D eigenvalue weighted by atomic mass is 10.3. The SMILES string of the molecule is CC(=O)NC(C(=O)O)[P+](c1ccccc1)(c1ccccc1)c1ccccc1. The van der Waals surface area contributed by atoms with Crippen LogP contribution in [0.3, 0.4) is 0 Å². The summed E-state index contributed by atoms with van der Waals surface area (Å²) < 4.78 is 0. The number of amides is 1. The standard InChI is InChI=1S/C22H20NO3P/c1-17(24)23-21(22(25)26)27(18-11-5-2-6-12-18,19-13-7-3-8-14-19)20-15-9-4-10-16-20/h2-16,21H,1H3,(H-,23,24,25,26)/p+1. The summed E-state index contributed by atoms with van der Waals surface area (Å²) in [5, 5.41) is 15.6. The zero-order chi connectivity index (χ0) is 19.3. The van der Waals surface area contributed by atoms with Crippen LogP contribution in [0.15, 0.2) is 91.0 Å². The van der Waals surface area contributed by atoms with Crippen LogP contribution >= 0.6 is 7.26 Å². The fourth-order valence-electron chi connectivity index (χ4n) is 3.40. The van der Waals surface area contributed by atoms with Crippen molar-refractivity contribution in [2.45, 2.75) is 12.7 Å². The number of rotatable bonds is 6. The third-order valence-corrected chi connectivity index (χ3v) is 8.91. The number of carboxylic acid groups (broad SMARTS) is 1. The Balaban J connectivity index is 2.42. The molecule has 2 N–H and O–H groups in total. The van der Waals surface area contributed by atoms with E-state index in [1.165, 1.54) is 6.92 Å². The lowest BCUT2D eigenvalue weighted by Crippen LogP contribution is -2.51. The van der Waals surface area contributed by atoms with Gasteiger partial charge in [0.05, 0.1) is 0 Å². The van der Waals surface area contributed by atoms with Crippen LogP contribution in [0.25, 0.3) is 0 Å². The Bertz CT molecular complexity index is 817. The van der Waals surface area contributed by atoms with E-state index in [1.807, 2.05) is 91.0 Å². The van der Waals surface area contributed by atoms with Gasteiger partial charge in [-0.1, -0.05) is 54.6 Å². The highest BCUT2D eigenvalue weighted by atomic mass is 31.2. The molecule has 0 aliphatic heterocycles. The first-order chi connectivity index (χ1) is 13.1. The highest BCUT2D eigenvalue weighted by Gasteiger charge is 2.56. The largest absolute Gasteiger partial charge is 0.477 e. The van der Waals surface area contributed by atoms with Crippen molar-refractivity contribution in [1.29, 1.82) is 0 Å². The molecule has 0 saturated carbocycles. The predicted molar refractivity (Wildman–Crippen MR) is 110 cm³/mol. The van der Waals surface area contributed by atoms with Gasteiger partial charge in [-0.25, -0.2) is 4.79 Å². The van der Waals surface area contributed by atoms with Gasteiger partial charge in [0.1, 0.15) is 23.2 Å². The van der Waals surface area contributed by atoms with Gasteiger partial charge >= 0.3 is 5.97 Å². The Morgan fingerprint density at radius 3 is 1.33 bits per heavy atom. The smallest absolute Gasteiger partial charge is 0.367 e. The summed E-state index contributed by atoms with van der Waals surface area (Å²) in [6, 6.07) is 28.8. The minimum Gasteiger partial charge on any atom is -0.477 e. The molecule has 0 heterocycles. The molecular formula is C22H21NO3P+. The molecule has 4 nitrogen and oxygen atoms in total. The van der Waals surface area contributed by atoms with Gasteiger partial charge in [-0.2, -0.15) is 0 Å². The highest BCUT2D eigenvalue weighted by molar-refractivity contribution is 7.96. The molecule has 1 amide bonds. The molecular weight excluding hydrogens is 357 g/mol. The fraction of sp³-hybridized carbons (Fsp3) is 0.0909. The summed E-state index contributed by atoms with van der Waals surface area (Å²) in [5.41, 5.74) is 0. The molecule has 0 saturated heterocycles. The maximum Gasteiger partial charge on any atom is 0.367 e. The van der Waals surface area contributed by atoms with E-state index in [2.05, 4.69) is 5.32 Å². The van der Waals surface area contributed by atoms with Crippen LogP contribution in [0.5, 0.6) is 0 Å². The Hall–Kier alpha value is -2.97. The van der Waals surface area contributed by atoms with E-state index in [4.69, 9.17) is 0 Å². The van der Waals surface area contributed by atoms with E-state index in [1.54, 1.807) is 0 Å². The first kappa shape index (κ1) is 18.8. The molecule has 5 heteroatoms. The number of aliphatic carboxylic acids is 1. The second kappa shape index (κ2) is 8.15. The lowest BCUT2D eigenvalue weighted by molar-refractivity contribution is -0.139. The fourth-order valence-corrected chi connectivity index (χ4v) is 7.82. The molecule has 0 fully saturated rings. The quantitative estimate of drug-likeness (QED) is 0.648. The normalized spacial score (nSPS) is 12.2. The van der Waals surface area contributed by atoms with Crippen molar-refractivity contribution < 1.29 is 14.7 Å². The first-order valence-corrected chi connectivity index (χ1v) is 10.5. The van der Waals surface area contributed by atoms with E-state index in [0.717, 1.165) is 15.9 Å². The van der Waals surface area contributed by atoms with Crippen LogP contribution < -0.4 is 21.2 Å². The zero-order valence-electron chi connectivity index (χ0n) is 14.9. The molecule has 27 heavy (non-hydrogen) atoms. The molecule has 3 aromatic carbocycles. The number of hydrogen-bond donors (Lipinski definition) is 2. The number of carboxylic acids is 1. The van der Waals surface area contributed by atoms with Crippen LogP contribution in [0, 0.1) is 0 Å². The van der Waals surface area contributed by atoms with Gasteiger partial charge in [0.15, 0.2) is 0 Å². The molecule has 3 aromatic rings. The topological polar surface area (TPSA) is 66.4 Å². The summed E-state index contributed by atoms with van der Waals surface area (Å²) in [6.07, 6.45) is 0. The van der Waals surface area contributed by atoms with Crippen LogP contribution in [-0.2, 0) is 9.59 Å². The summed E-state index contributed by atoms with van der Waals surface area (Å²) >= 11 is 0. The maximum absolute atomic E-state index is 12.4. The van der Waals surface area contributed by atoms with Crippen molar-refractivity contribution in [2.75, 3.05) is 0 Å². The third-order valence-electron chi connectivity index (χ3n) is 4.45. The molecule has 0 spiro atoms. The zero-order valence-corrected chi connectivity index (χ0v) is 15.8. The van der Waals surface area contributed by atoms with Crippen LogP contribution in [-0.4, -0.2) is 22.8 Å². The molecule has 136 valence electrons. The molecule has 3 rings (SSSR count). The van der Waals surface area contributed by atoms with Crippen molar-refractivity contribution in [3.05, 3.63) is 91.0 Å². The van der Waals surface area contributed by atoms with Gasteiger partial charge in [-0.3, -0.25) is 4.79 Å². The minimum atomic E-state index is -2.70. The Labute approximate surface area is 159 Å². The van der Waals surface area contributed by atoms with E-state index < -0.39 is 19.0 Å². The summed E-state index contributed by atoms with van der Waals surface area (Å²) in [4.78, 5) is 24.4. The number of carbonyl (C=O) groups excluding carboxylic acids is 1. The second-order valence-corrected chi connectivity index (χ2v) is 9.68. The van der Waals surface area contributed by atoms with Gasteiger partial charge in [0, 0.05) is 6.92 Å². The minimum absolute atomic E-state index is 0.366. The number of hydrogen-bond acceptors (Lipinski definition) is 2. The van der Waals surface area contributed by atoms with E-state index >= 15 is 0 Å². The second-order valence-electron chi connectivity index (χ2n) is 6.17. The van der Waals surface area contributed by atoms with E-state index in [9.17, 15) is 14.7 Å². The van der Waals surface area contributed by atoms with Gasteiger partial charge in [0.25, 0.3) is 5.78 Å². The van der Waals surface area contributed by atoms with Gasteiger partial charge in [-0.05, 0) is 36.4 Å². The van der Waals surface area contributed by atoms with Crippen molar-refractivity contribution >= 4 is 35.1 Å². The van der Waals surface area contributed by atoms with Gasteiger partial charge in [0.2, 0.25) is 5.91 Å². The molecule has 0 aliphatic carbocycles. The monoisotopic (exact) mass is 378 g/mol. The van der Waals surface area contributed by atoms with Crippen LogP contribution in [0.2, 0.25) is 0 Å². The predicted octanol–water partition coefficient (Wildman–Crippen LogP) is 2.53. The molecule has 0 aliphatic rings. The Morgan fingerprint density at radius 2 is 1.07 bits per heavy atom. The molecule has 0 bridgehead atoms. The Kier molecular flexibility index (Phi) is 5.68. The third kappa shape index (κ3) is 3.62. The first-order valence-electron chi connectivity index (χ1n) is 8.62. The number of benzene rings is 3. The van der Waals surface area contributed by atoms with Crippen molar-refractivity contribution in [1.82, 2.24) is 5.32 Å². The van der Waals surface area contributed by atoms with E-state index in [-0.39, 0.29) is 5.91 Å². The number of carbonyl (C=O) groups is 2. The van der Waals surface area contributed by atoms with Crippen molar-refractivity contribution in [3.63, 3.8) is 0 Å². The number of nitrogens with one attached hydrogen (secondary N) is 1. The summed E-state index contributed by atoms with van der Waals surface area (Å²) in [6.45, 7) is 1.35. The van der Waals surface area contributed by atoms with Crippen molar-refractivity contribution in [2.24, 2.45) is 0 Å². The molecule has 0 aromatic heterocycles. The summed E-state index contributed by atoms with van der Waals surface area (Å²) in [7, 11) is -2.70. The molecule has 0 radical (unpaired) electrons. The highest BCUT2D eigenvalue weighted by Crippen LogP contribution is 2.58. The molecule has 1 unspecified atom stereocenters. The van der Waals surface area contributed by atoms with Crippen LogP contribution in [0.4, 0.5) is 0 Å². The summed E-state index contributed by atoms with van der Waals surface area (Å²) in [5.74, 6) is -2.48. The average molecular weight is 378 g/mol. The van der Waals surface area contributed by atoms with Gasteiger partial charge < -0.3 is 10.4 Å². The van der Waals surface area contributed by atoms with Crippen LogP contribution in [0.1, 0.15) is 6.92 Å². The lowest BCUT2D eigenvalue weighted by Gasteiger charge is -2.32. The van der Waals surface area contributed by atoms with E-state index in [0.29, 0.717) is 0 Å². The van der Waals surface area contributed by atoms with Crippen molar-refractivity contribution in [3.8, 4) is 0 Å². The average Bonchev–Trinajstić information content (AvgIpc) is 2.70. The maximum atomic E-state index is 12.4. The Morgan fingerprint density at radius 1 is 0.741 bits per heavy atom. The molecule has 1 atom stereocenters. The van der Waals surface area contributed by atoms with Gasteiger partial charge in [-0.15, -0.1) is 0 Å².